The van der Waals surface area contributed by atoms with Crippen LogP contribution in [-0.4, -0.2) is 6.61 Å². The van der Waals surface area contributed by atoms with Gasteiger partial charge in [-0.15, -0.1) is 0 Å². The lowest BCUT2D eigenvalue weighted by Gasteiger charge is -2.38. The van der Waals surface area contributed by atoms with E-state index in [1.165, 1.54) is 44.9 Å². The molecule has 0 aromatic heterocycles. The lowest BCUT2D eigenvalue weighted by Crippen LogP contribution is -2.25. The molecule has 1 heterocycles. The van der Waals surface area contributed by atoms with Crippen LogP contribution in [0.5, 0.6) is 0 Å². The average Bonchev–Trinajstić information content (AvgIpc) is 3.49. The topological polar surface area (TPSA) is 12.5 Å². The van der Waals surface area contributed by atoms with E-state index in [2.05, 4.69) is 6.92 Å². The van der Waals surface area contributed by atoms with Crippen molar-refractivity contribution >= 4 is 0 Å². The number of hydrogen-bond acceptors (Lipinski definition) is 1. The Kier molecular flexibility index (Phi) is 5.13. The molecule has 1 nitrogen and oxygen atoms in total. The van der Waals surface area contributed by atoms with Crippen molar-refractivity contribution in [2.24, 2.45) is 17.8 Å². The molecule has 1 unspecified atom stereocenters. The Morgan fingerprint density at radius 2 is 1.36 bits per heavy atom. The van der Waals surface area contributed by atoms with Crippen molar-refractivity contribution in [3.63, 3.8) is 0 Å². The highest BCUT2D eigenvalue weighted by Crippen LogP contribution is 2.45. The van der Waals surface area contributed by atoms with Crippen LogP contribution in [0, 0.1) is 29.4 Å². The third-order valence-electron chi connectivity index (χ3n) is 7.17. The third kappa shape index (κ3) is 3.63. The molecular formula is C22H30F2O. The van der Waals surface area contributed by atoms with Crippen LogP contribution in [0.25, 0.3) is 0 Å². The average molecular weight is 348 g/mol. The van der Waals surface area contributed by atoms with Crippen molar-refractivity contribution in [1.82, 2.24) is 0 Å². The fourth-order valence-corrected chi connectivity index (χ4v) is 5.34. The number of halogens is 2. The molecule has 2 saturated carbocycles. The van der Waals surface area contributed by atoms with E-state index in [0.29, 0.717) is 17.7 Å². The summed E-state index contributed by atoms with van der Waals surface area (Å²) in [5.41, 5.74) is 0.984. The summed E-state index contributed by atoms with van der Waals surface area (Å²) in [6.45, 7) is 2.82. The predicted molar refractivity (Wildman–Crippen MR) is 95.5 cm³/mol. The van der Waals surface area contributed by atoms with Gasteiger partial charge in [0, 0.05) is 5.56 Å². The van der Waals surface area contributed by atoms with Crippen LogP contribution in [0.1, 0.15) is 87.9 Å². The zero-order valence-electron chi connectivity index (χ0n) is 15.3. The zero-order chi connectivity index (χ0) is 17.4. The Hall–Kier alpha value is -0.960. The van der Waals surface area contributed by atoms with Crippen LogP contribution in [0.15, 0.2) is 12.1 Å². The molecule has 1 aromatic rings. The van der Waals surface area contributed by atoms with E-state index >= 15 is 0 Å². The Morgan fingerprint density at radius 3 is 1.92 bits per heavy atom. The number of hydrogen-bond donors (Lipinski definition) is 0. The van der Waals surface area contributed by atoms with Gasteiger partial charge in [-0.3, -0.25) is 0 Å². The smallest absolute Gasteiger partial charge is 0.165 e. The SMILES string of the molecule is CCC1CCC(C2CCC(c3ccc(C4CO4)c(F)c3F)CC2)CC1. The molecule has 2 aliphatic carbocycles. The van der Waals surface area contributed by atoms with Crippen LogP contribution in [-0.2, 0) is 4.74 Å². The summed E-state index contributed by atoms with van der Waals surface area (Å²) < 4.78 is 33.9. The van der Waals surface area contributed by atoms with E-state index in [-0.39, 0.29) is 12.0 Å². The Balaban J connectivity index is 1.37. The zero-order valence-corrected chi connectivity index (χ0v) is 15.3. The summed E-state index contributed by atoms with van der Waals surface area (Å²) in [5.74, 6) is 1.51. The molecule has 4 rings (SSSR count). The van der Waals surface area contributed by atoms with Gasteiger partial charge in [0.25, 0.3) is 0 Å². The number of ether oxygens (including phenoxy) is 1. The van der Waals surface area contributed by atoms with Crippen molar-refractivity contribution in [2.45, 2.75) is 76.7 Å². The number of benzene rings is 1. The second-order valence-corrected chi connectivity index (χ2v) is 8.49. The van der Waals surface area contributed by atoms with Crippen LogP contribution >= 0.6 is 0 Å². The Labute approximate surface area is 150 Å². The first-order valence-electron chi connectivity index (χ1n) is 10.3. The van der Waals surface area contributed by atoms with Gasteiger partial charge < -0.3 is 4.74 Å². The molecule has 3 fully saturated rings. The van der Waals surface area contributed by atoms with Gasteiger partial charge in [-0.05, 0) is 67.8 Å². The molecule has 0 amide bonds. The first-order chi connectivity index (χ1) is 12.2. The van der Waals surface area contributed by atoms with Gasteiger partial charge in [0.1, 0.15) is 6.10 Å². The molecule has 1 aromatic carbocycles. The van der Waals surface area contributed by atoms with E-state index in [1.807, 2.05) is 6.07 Å². The summed E-state index contributed by atoms with van der Waals surface area (Å²) in [7, 11) is 0. The first kappa shape index (κ1) is 17.5. The molecule has 1 saturated heterocycles. The monoisotopic (exact) mass is 348 g/mol. The van der Waals surface area contributed by atoms with Gasteiger partial charge in [0.2, 0.25) is 0 Å². The summed E-state index contributed by atoms with van der Waals surface area (Å²) in [6, 6.07) is 3.55. The lowest BCUT2D eigenvalue weighted by molar-refractivity contribution is 0.158. The van der Waals surface area contributed by atoms with Crippen molar-refractivity contribution in [1.29, 1.82) is 0 Å². The van der Waals surface area contributed by atoms with Crippen LogP contribution < -0.4 is 0 Å². The second-order valence-electron chi connectivity index (χ2n) is 8.49. The van der Waals surface area contributed by atoms with Gasteiger partial charge in [-0.1, -0.05) is 38.3 Å². The minimum atomic E-state index is -0.681. The van der Waals surface area contributed by atoms with Gasteiger partial charge in [-0.25, -0.2) is 8.78 Å². The molecular weight excluding hydrogens is 318 g/mol. The van der Waals surface area contributed by atoms with E-state index in [0.717, 1.165) is 30.6 Å². The van der Waals surface area contributed by atoms with E-state index in [4.69, 9.17) is 4.74 Å². The molecule has 1 aliphatic heterocycles. The molecule has 0 bridgehead atoms. The lowest BCUT2D eigenvalue weighted by atomic mass is 9.68. The molecule has 25 heavy (non-hydrogen) atoms. The summed E-state index contributed by atoms with van der Waals surface area (Å²) in [4.78, 5) is 0. The minimum absolute atomic E-state index is 0.187. The van der Waals surface area contributed by atoms with Crippen LogP contribution in [0.3, 0.4) is 0 Å². The fourth-order valence-electron chi connectivity index (χ4n) is 5.34. The Morgan fingerprint density at radius 1 is 0.840 bits per heavy atom. The number of rotatable bonds is 4. The fraction of sp³-hybridized carbons (Fsp3) is 0.727. The molecule has 1 atom stereocenters. The van der Waals surface area contributed by atoms with E-state index in [1.54, 1.807) is 6.07 Å². The van der Waals surface area contributed by atoms with Gasteiger partial charge in [0.15, 0.2) is 11.6 Å². The highest BCUT2D eigenvalue weighted by molar-refractivity contribution is 5.32. The minimum Gasteiger partial charge on any atom is -0.368 e. The highest BCUT2D eigenvalue weighted by Gasteiger charge is 2.34. The summed E-state index contributed by atoms with van der Waals surface area (Å²) >= 11 is 0. The number of epoxide rings is 1. The maximum absolute atomic E-state index is 14.5. The van der Waals surface area contributed by atoms with Crippen molar-refractivity contribution < 1.29 is 13.5 Å². The maximum atomic E-state index is 14.5. The third-order valence-corrected chi connectivity index (χ3v) is 7.17. The van der Waals surface area contributed by atoms with Crippen molar-refractivity contribution in [3.05, 3.63) is 34.9 Å². The molecule has 138 valence electrons. The van der Waals surface area contributed by atoms with Crippen molar-refractivity contribution in [2.75, 3.05) is 6.61 Å². The maximum Gasteiger partial charge on any atom is 0.165 e. The van der Waals surface area contributed by atoms with Crippen molar-refractivity contribution in [3.8, 4) is 0 Å². The summed E-state index contributed by atoms with van der Waals surface area (Å²) in [6.07, 6.45) is 11.0. The summed E-state index contributed by atoms with van der Waals surface area (Å²) in [5, 5.41) is 0. The van der Waals surface area contributed by atoms with Crippen LogP contribution in [0.4, 0.5) is 8.78 Å². The van der Waals surface area contributed by atoms with Gasteiger partial charge in [0.05, 0.1) is 6.61 Å². The van der Waals surface area contributed by atoms with E-state index in [9.17, 15) is 8.78 Å². The molecule has 0 radical (unpaired) electrons. The Bertz CT molecular complexity index is 594. The van der Waals surface area contributed by atoms with E-state index < -0.39 is 11.6 Å². The second kappa shape index (κ2) is 7.34. The largest absolute Gasteiger partial charge is 0.368 e. The molecule has 0 spiro atoms. The molecule has 3 heteroatoms. The van der Waals surface area contributed by atoms with Gasteiger partial charge >= 0.3 is 0 Å². The predicted octanol–water partition coefficient (Wildman–Crippen LogP) is 6.53. The molecule has 3 aliphatic rings. The van der Waals surface area contributed by atoms with Crippen LogP contribution in [0.2, 0.25) is 0 Å². The highest BCUT2D eigenvalue weighted by atomic mass is 19.2. The first-order valence-corrected chi connectivity index (χ1v) is 10.3. The quantitative estimate of drug-likeness (QED) is 0.564. The normalized spacial score (nSPS) is 35.6. The molecule has 0 N–H and O–H groups in total. The standard InChI is InChI=1S/C22H30F2O/c1-2-14-3-5-15(6-4-14)16-7-9-17(10-8-16)18-11-12-19(20-13-25-20)22(24)21(18)23/h11-12,14-17,20H,2-10,13H2,1H3. The van der Waals surface area contributed by atoms with Gasteiger partial charge in [-0.2, -0.15) is 0 Å².